The van der Waals surface area contributed by atoms with E-state index in [0.29, 0.717) is 6.04 Å². The molecule has 0 radical (unpaired) electrons. The van der Waals surface area contributed by atoms with E-state index in [-0.39, 0.29) is 0 Å². The van der Waals surface area contributed by atoms with Gasteiger partial charge < -0.3 is 4.74 Å². The molecule has 25 heavy (non-hydrogen) atoms. The third-order valence-electron chi connectivity index (χ3n) is 4.91. The Hall–Kier alpha value is -2.59. The van der Waals surface area contributed by atoms with Crippen molar-refractivity contribution in [3.63, 3.8) is 0 Å². The summed E-state index contributed by atoms with van der Waals surface area (Å²) >= 11 is 0. The minimum absolute atomic E-state index is 0.478. The van der Waals surface area contributed by atoms with Crippen LogP contribution >= 0.6 is 0 Å². The normalized spacial score (nSPS) is 17.7. The van der Waals surface area contributed by atoms with E-state index in [9.17, 15) is 0 Å². The van der Waals surface area contributed by atoms with Gasteiger partial charge in [0.15, 0.2) is 0 Å². The summed E-state index contributed by atoms with van der Waals surface area (Å²) in [6.07, 6.45) is 6.57. The van der Waals surface area contributed by atoms with Crippen LogP contribution in [-0.2, 0) is 6.54 Å². The standard InChI is InChI=1S/C21H23N3O/c1-25-20-11-9-18(10-12-20)21-8-5-13-23(21)15-17-14-22-24(16-17)19-6-3-2-4-7-19/h2-4,6-7,9-12,14,16,21H,5,8,13,15H2,1H3/t21-/m1/s1. The van der Waals surface area contributed by atoms with Crippen LogP contribution in [0.2, 0.25) is 0 Å². The van der Waals surface area contributed by atoms with Crippen LogP contribution in [0.1, 0.15) is 30.0 Å². The molecule has 1 aliphatic heterocycles. The number of ether oxygens (including phenoxy) is 1. The summed E-state index contributed by atoms with van der Waals surface area (Å²) in [5.41, 5.74) is 3.72. The number of likely N-dealkylation sites (tertiary alicyclic amines) is 1. The Kier molecular flexibility index (Phi) is 4.53. The van der Waals surface area contributed by atoms with Crippen molar-refractivity contribution < 1.29 is 4.74 Å². The fourth-order valence-corrected chi connectivity index (χ4v) is 3.62. The number of rotatable bonds is 5. The van der Waals surface area contributed by atoms with Gasteiger partial charge >= 0.3 is 0 Å². The molecule has 0 bridgehead atoms. The van der Waals surface area contributed by atoms with Gasteiger partial charge in [0, 0.05) is 24.3 Å². The fraction of sp³-hybridized carbons (Fsp3) is 0.286. The molecule has 4 heteroatoms. The van der Waals surface area contributed by atoms with Crippen molar-refractivity contribution in [3.05, 3.63) is 78.1 Å². The van der Waals surface area contributed by atoms with E-state index >= 15 is 0 Å². The second kappa shape index (κ2) is 7.11. The predicted molar refractivity (Wildman–Crippen MR) is 98.9 cm³/mol. The smallest absolute Gasteiger partial charge is 0.118 e. The van der Waals surface area contributed by atoms with Crippen molar-refractivity contribution in [2.75, 3.05) is 13.7 Å². The van der Waals surface area contributed by atoms with Gasteiger partial charge in [0.25, 0.3) is 0 Å². The molecular weight excluding hydrogens is 310 g/mol. The first-order valence-electron chi connectivity index (χ1n) is 8.80. The molecule has 1 aromatic heterocycles. The lowest BCUT2D eigenvalue weighted by Crippen LogP contribution is -2.22. The lowest BCUT2D eigenvalue weighted by Gasteiger charge is -2.24. The van der Waals surface area contributed by atoms with Crippen molar-refractivity contribution in [3.8, 4) is 11.4 Å². The molecule has 0 saturated carbocycles. The minimum atomic E-state index is 0.478. The molecule has 0 aliphatic carbocycles. The van der Waals surface area contributed by atoms with E-state index in [1.807, 2.05) is 29.1 Å². The molecule has 2 aromatic carbocycles. The molecule has 0 amide bonds. The number of benzene rings is 2. The number of hydrogen-bond donors (Lipinski definition) is 0. The average molecular weight is 333 g/mol. The highest BCUT2D eigenvalue weighted by Crippen LogP contribution is 2.33. The summed E-state index contributed by atoms with van der Waals surface area (Å²) in [5, 5.41) is 4.52. The summed E-state index contributed by atoms with van der Waals surface area (Å²) < 4.78 is 7.23. The van der Waals surface area contributed by atoms with Crippen LogP contribution in [0.15, 0.2) is 67.0 Å². The van der Waals surface area contributed by atoms with Gasteiger partial charge in [0.05, 0.1) is 19.0 Å². The molecule has 0 unspecified atom stereocenters. The maximum atomic E-state index is 5.27. The number of hydrogen-bond acceptors (Lipinski definition) is 3. The number of methoxy groups -OCH3 is 1. The van der Waals surface area contributed by atoms with Crippen LogP contribution in [0, 0.1) is 0 Å². The Morgan fingerprint density at radius 2 is 1.88 bits per heavy atom. The van der Waals surface area contributed by atoms with E-state index in [1.54, 1.807) is 7.11 Å². The highest BCUT2D eigenvalue weighted by molar-refractivity contribution is 5.32. The molecule has 3 aromatic rings. The zero-order chi connectivity index (χ0) is 17.1. The van der Waals surface area contributed by atoms with E-state index in [2.05, 4.69) is 52.6 Å². The lowest BCUT2D eigenvalue weighted by molar-refractivity contribution is 0.248. The molecular formula is C21H23N3O. The monoisotopic (exact) mass is 333 g/mol. The third-order valence-corrected chi connectivity index (χ3v) is 4.91. The molecule has 1 aliphatic rings. The van der Waals surface area contributed by atoms with Crippen LogP contribution in [0.4, 0.5) is 0 Å². The third kappa shape index (κ3) is 3.44. The summed E-state index contributed by atoms with van der Waals surface area (Å²) in [5.74, 6) is 0.914. The first-order valence-corrected chi connectivity index (χ1v) is 8.80. The fourth-order valence-electron chi connectivity index (χ4n) is 3.62. The molecule has 128 valence electrons. The predicted octanol–water partition coefficient (Wildman–Crippen LogP) is 4.22. The van der Waals surface area contributed by atoms with Crippen molar-refractivity contribution >= 4 is 0 Å². The average Bonchev–Trinajstić information content (AvgIpc) is 3.33. The van der Waals surface area contributed by atoms with E-state index in [1.165, 1.54) is 24.0 Å². The molecule has 2 heterocycles. The first-order chi connectivity index (χ1) is 12.3. The molecule has 4 nitrogen and oxygen atoms in total. The maximum absolute atomic E-state index is 5.27. The molecule has 1 fully saturated rings. The van der Waals surface area contributed by atoms with Crippen molar-refractivity contribution in [2.24, 2.45) is 0 Å². The molecule has 0 N–H and O–H groups in total. The van der Waals surface area contributed by atoms with Gasteiger partial charge in [-0.2, -0.15) is 5.10 Å². The van der Waals surface area contributed by atoms with E-state index in [0.717, 1.165) is 24.5 Å². The van der Waals surface area contributed by atoms with Crippen LogP contribution in [0.5, 0.6) is 5.75 Å². The summed E-state index contributed by atoms with van der Waals surface area (Å²) in [7, 11) is 1.71. The lowest BCUT2D eigenvalue weighted by atomic mass is 10.0. The van der Waals surface area contributed by atoms with Gasteiger partial charge in [-0.1, -0.05) is 30.3 Å². The second-order valence-electron chi connectivity index (χ2n) is 6.53. The van der Waals surface area contributed by atoms with Gasteiger partial charge in [0.1, 0.15) is 5.75 Å². The van der Waals surface area contributed by atoms with Crippen molar-refractivity contribution in [1.29, 1.82) is 0 Å². The minimum Gasteiger partial charge on any atom is -0.497 e. The number of para-hydroxylation sites is 1. The Bertz CT molecular complexity index is 811. The Morgan fingerprint density at radius 1 is 1.08 bits per heavy atom. The topological polar surface area (TPSA) is 30.3 Å². The van der Waals surface area contributed by atoms with Crippen LogP contribution in [0.25, 0.3) is 5.69 Å². The molecule has 1 saturated heterocycles. The molecule has 1 atom stereocenters. The van der Waals surface area contributed by atoms with Gasteiger partial charge in [-0.15, -0.1) is 0 Å². The number of aromatic nitrogens is 2. The molecule has 4 rings (SSSR count). The largest absolute Gasteiger partial charge is 0.497 e. The quantitative estimate of drug-likeness (QED) is 0.700. The van der Waals surface area contributed by atoms with Gasteiger partial charge in [-0.05, 0) is 49.2 Å². The van der Waals surface area contributed by atoms with Crippen LogP contribution in [0.3, 0.4) is 0 Å². The van der Waals surface area contributed by atoms with Gasteiger partial charge in [-0.25, -0.2) is 4.68 Å². The van der Waals surface area contributed by atoms with Crippen LogP contribution < -0.4 is 4.74 Å². The Balaban J connectivity index is 1.49. The number of nitrogens with zero attached hydrogens (tertiary/aromatic N) is 3. The van der Waals surface area contributed by atoms with Crippen molar-refractivity contribution in [1.82, 2.24) is 14.7 Å². The van der Waals surface area contributed by atoms with E-state index < -0.39 is 0 Å². The summed E-state index contributed by atoms with van der Waals surface area (Å²) in [6.45, 7) is 2.07. The van der Waals surface area contributed by atoms with Crippen LogP contribution in [-0.4, -0.2) is 28.3 Å². The van der Waals surface area contributed by atoms with Gasteiger partial charge in [0.2, 0.25) is 0 Å². The maximum Gasteiger partial charge on any atom is 0.118 e. The Morgan fingerprint density at radius 3 is 2.64 bits per heavy atom. The van der Waals surface area contributed by atoms with Gasteiger partial charge in [-0.3, -0.25) is 4.90 Å². The van der Waals surface area contributed by atoms with Crippen molar-refractivity contribution in [2.45, 2.75) is 25.4 Å². The zero-order valence-electron chi connectivity index (χ0n) is 14.5. The Labute approximate surface area is 148 Å². The SMILES string of the molecule is COc1ccc([C@H]2CCCN2Cc2cnn(-c3ccccc3)c2)cc1. The first kappa shape index (κ1) is 15.9. The van der Waals surface area contributed by atoms with E-state index in [4.69, 9.17) is 4.74 Å². The zero-order valence-corrected chi connectivity index (χ0v) is 14.5. The highest BCUT2D eigenvalue weighted by atomic mass is 16.5. The second-order valence-corrected chi connectivity index (χ2v) is 6.53. The highest BCUT2D eigenvalue weighted by Gasteiger charge is 2.26. The summed E-state index contributed by atoms with van der Waals surface area (Å²) in [6, 6.07) is 19.2. The molecule has 0 spiro atoms. The summed E-state index contributed by atoms with van der Waals surface area (Å²) in [4.78, 5) is 2.55.